The van der Waals surface area contributed by atoms with Gasteiger partial charge < -0.3 is 21.7 Å². The molecule has 0 saturated carbocycles. The highest BCUT2D eigenvalue weighted by atomic mass is 35.6. The summed E-state index contributed by atoms with van der Waals surface area (Å²) in [6.07, 6.45) is 0.991. The summed E-state index contributed by atoms with van der Waals surface area (Å²) in [5, 5.41) is 5.30. The lowest BCUT2D eigenvalue weighted by atomic mass is 10.6. The zero-order chi connectivity index (χ0) is 20.7. The minimum absolute atomic E-state index is 0.0390. The number of sulfonamides is 1. The third-order valence-electron chi connectivity index (χ3n) is 2.69. The maximum absolute atomic E-state index is 11.1. The number of aliphatic imine (C=N–C) groups is 1. The highest BCUT2D eigenvalue weighted by Crippen LogP contribution is 2.26. The van der Waals surface area contributed by atoms with E-state index in [0.29, 0.717) is 23.2 Å². The first kappa shape index (κ1) is 24.4. The van der Waals surface area contributed by atoms with Crippen molar-refractivity contribution >= 4 is 85.0 Å². The van der Waals surface area contributed by atoms with E-state index in [2.05, 4.69) is 19.7 Å². The largest absolute Gasteiger partial charge is 0.370 e. The van der Waals surface area contributed by atoms with E-state index < -0.39 is 13.8 Å². The zero-order valence-electron chi connectivity index (χ0n) is 14.5. The van der Waals surface area contributed by atoms with E-state index in [4.69, 9.17) is 46.3 Å². The number of alkyl halides is 3. The lowest BCUT2D eigenvalue weighted by molar-refractivity contribution is 0.533. The van der Waals surface area contributed by atoms with Gasteiger partial charge in [-0.15, -0.1) is 15.7 Å². The Balaban J connectivity index is 2.40. The number of hydrogen-bond acceptors (Lipinski definition) is 6. The molecule has 0 amide bonds. The van der Waals surface area contributed by atoms with Crippen LogP contribution < -0.4 is 16.8 Å². The van der Waals surface area contributed by atoms with Crippen molar-refractivity contribution in [1.82, 2.24) is 9.88 Å². The lowest BCUT2D eigenvalue weighted by Gasteiger charge is -2.16. The molecule has 0 atom stereocenters. The molecule has 0 radical (unpaired) electrons. The molecule has 154 valence electrons. The second-order valence-electron chi connectivity index (χ2n) is 5.24. The molecule has 0 unspecified atom stereocenters. The Hall–Kier alpha value is -0.660. The van der Waals surface area contributed by atoms with Crippen molar-refractivity contribution < 1.29 is 8.42 Å². The number of nitrogens with one attached hydrogen (secondary N) is 1. The molecule has 1 rings (SSSR count). The summed E-state index contributed by atoms with van der Waals surface area (Å²) in [5.41, 5.74) is 12.2. The second kappa shape index (κ2) is 10.8. The Labute approximate surface area is 181 Å². The minimum atomic E-state index is -3.50. The van der Waals surface area contributed by atoms with Crippen LogP contribution in [0, 0.1) is 0 Å². The van der Waals surface area contributed by atoms with Gasteiger partial charge in [-0.2, -0.15) is 11.8 Å². The third kappa shape index (κ3) is 11.7. The molecule has 0 aromatic carbocycles. The Kier molecular flexibility index (Phi) is 9.72. The van der Waals surface area contributed by atoms with E-state index in [1.54, 1.807) is 23.7 Å². The lowest BCUT2D eigenvalue weighted by Crippen LogP contribution is -2.36. The van der Waals surface area contributed by atoms with Gasteiger partial charge in [-0.25, -0.2) is 18.4 Å². The normalized spacial score (nSPS) is 13.7. The van der Waals surface area contributed by atoms with Gasteiger partial charge in [0.05, 0.1) is 18.5 Å². The predicted molar refractivity (Wildman–Crippen MR) is 118 cm³/mol. The molecule has 0 saturated heterocycles. The molecule has 0 fully saturated rings. The number of thiazole rings is 1. The molecule has 27 heavy (non-hydrogen) atoms. The van der Waals surface area contributed by atoms with Gasteiger partial charge in [0.25, 0.3) is 10.0 Å². The van der Waals surface area contributed by atoms with Crippen molar-refractivity contribution in [1.29, 1.82) is 0 Å². The van der Waals surface area contributed by atoms with Crippen LogP contribution in [0.15, 0.2) is 14.8 Å². The van der Waals surface area contributed by atoms with E-state index in [1.165, 1.54) is 11.3 Å². The van der Waals surface area contributed by atoms with Crippen LogP contribution in [-0.4, -0.2) is 66.2 Å². The van der Waals surface area contributed by atoms with Gasteiger partial charge in [-0.3, -0.25) is 0 Å². The van der Waals surface area contributed by atoms with Crippen molar-refractivity contribution in [2.24, 2.45) is 20.9 Å². The average Bonchev–Trinajstić information content (AvgIpc) is 2.94. The second-order valence-corrected chi connectivity index (χ2v) is 11.4. The van der Waals surface area contributed by atoms with Gasteiger partial charge in [0, 0.05) is 30.5 Å². The fourth-order valence-corrected chi connectivity index (χ4v) is 3.87. The molecule has 5 N–H and O–H groups in total. The zero-order valence-corrected chi connectivity index (χ0v) is 19.2. The van der Waals surface area contributed by atoms with Crippen molar-refractivity contribution in [2.45, 2.75) is 9.55 Å². The molecule has 0 aliphatic heterocycles. The summed E-state index contributed by atoms with van der Waals surface area (Å²) >= 11 is 19.8. The van der Waals surface area contributed by atoms with Crippen LogP contribution in [-0.2, 0) is 15.8 Å². The molecule has 1 heterocycles. The highest BCUT2D eigenvalue weighted by molar-refractivity contribution is 7.98. The molecule has 1 aromatic heterocycles. The Morgan fingerprint density at radius 1 is 1.44 bits per heavy atom. The monoisotopic (exact) mass is 495 g/mol. The van der Waals surface area contributed by atoms with Crippen molar-refractivity contribution in [3.63, 3.8) is 0 Å². The molecule has 15 heteroatoms. The summed E-state index contributed by atoms with van der Waals surface area (Å²) in [7, 11) is -1.83. The van der Waals surface area contributed by atoms with Crippen molar-refractivity contribution in [3.8, 4) is 0 Å². The van der Waals surface area contributed by atoms with Crippen LogP contribution >= 0.6 is 57.9 Å². The van der Waals surface area contributed by atoms with Crippen LogP contribution in [0.4, 0.5) is 5.13 Å². The Morgan fingerprint density at radius 3 is 2.70 bits per heavy atom. The molecular formula is C12H20Cl3N7O2S3. The van der Waals surface area contributed by atoms with Crippen LogP contribution in [0.3, 0.4) is 0 Å². The van der Waals surface area contributed by atoms with E-state index in [0.717, 1.165) is 11.9 Å². The topological polar surface area (TPSA) is 139 Å². The van der Waals surface area contributed by atoms with Crippen molar-refractivity contribution in [2.75, 3.05) is 37.5 Å². The summed E-state index contributed by atoms with van der Waals surface area (Å²) in [5.74, 6) is 1.45. The number of rotatable bonds is 8. The number of nitrogens with two attached hydrogens (primary N) is 2. The first-order chi connectivity index (χ1) is 12.4. The summed E-state index contributed by atoms with van der Waals surface area (Å²) in [6.45, 7) is 0.477. The summed E-state index contributed by atoms with van der Waals surface area (Å²) in [4.78, 5) is 9.87. The van der Waals surface area contributed by atoms with Gasteiger partial charge >= 0.3 is 0 Å². The molecule has 0 spiro atoms. The summed E-state index contributed by atoms with van der Waals surface area (Å²) < 4.78 is 24.1. The van der Waals surface area contributed by atoms with E-state index in [9.17, 15) is 8.42 Å². The van der Waals surface area contributed by atoms with Crippen LogP contribution in [0.2, 0.25) is 0 Å². The van der Waals surface area contributed by atoms with E-state index >= 15 is 0 Å². The number of thioether (sulfide) groups is 1. The number of hydrogen-bond donors (Lipinski definition) is 3. The maximum Gasteiger partial charge on any atom is 0.253 e. The summed E-state index contributed by atoms with van der Waals surface area (Å²) in [6, 6.07) is 0. The van der Waals surface area contributed by atoms with Gasteiger partial charge in [0.2, 0.25) is 9.75 Å². The fourth-order valence-electron chi connectivity index (χ4n) is 1.49. The van der Waals surface area contributed by atoms with Gasteiger partial charge in [0.15, 0.2) is 11.1 Å². The van der Waals surface area contributed by atoms with Crippen LogP contribution in [0.1, 0.15) is 5.69 Å². The standard InChI is InChI=1S/C12H20Cl3N7O2S3/c1-22(10(17)21-27(2,23)24)3-4-25-5-8-6-26-11(19-8)20-9(16)18-7-12(13,14)15/h6H,3-5,7H2,1-2H3,(H2,17,21)(H3,16,18,19,20). The molecule has 0 bridgehead atoms. The van der Waals surface area contributed by atoms with Crippen LogP contribution in [0.5, 0.6) is 0 Å². The first-order valence-corrected chi connectivity index (χ1v) is 12.3. The van der Waals surface area contributed by atoms with Gasteiger partial charge in [0.1, 0.15) is 0 Å². The van der Waals surface area contributed by atoms with Gasteiger partial charge in [-0.1, -0.05) is 34.8 Å². The Morgan fingerprint density at radius 2 is 2.11 bits per heavy atom. The van der Waals surface area contributed by atoms with E-state index in [-0.39, 0.29) is 18.5 Å². The minimum Gasteiger partial charge on any atom is -0.370 e. The molecule has 0 aliphatic carbocycles. The number of anilines is 1. The fraction of sp³-hybridized carbons (Fsp3) is 0.583. The van der Waals surface area contributed by atoms with Crippen molar-refractivity contribution in [3.05, 3.63) is 11.1 Å². The third-order valence-corrected chi connectivity index (χ3v) is 5.34. The quantitative estimate of drug-likeness (QED) is 0.214. The molecule has 1 aromatic rings. The van der Waals surface area contributed by atoms with Gasteiger partial charge in [-0.05, 0) is 0 Å². The highest BCUT2D eigenvalue weighted by Gasteiger charge is 2.18. The number of guanidine groups is 2. The Bertz CT molecular complexity index is 777. The van der Waals surface area contributed by atoms with E-state index in [1.807, 2.05) is 5.38 Å². The molecule has 9 nitrogen and oxygen atoms in total. The smallest absolute Gasteiger partial charge is 0.253 e. The number of aromatic nitrogens is 1. The maximum atomic E-state index is 11.1. The SMILES string of the molecule is CN(CCSCc1csc(NC(N)=NCC(Cl)(Cl)Cl)n1)C(N)=NS(C)(=O)=O. The average molecular weight is 497 g/mol. The van der Waals surface area contributed by atoms with Crippen LogP contribution in [0.25, 0.3) is 0 Å². The predicted octanol–water partition coefficient (Wildman–Crippen LogP) is 1.68. The molecule has 0 aliphatic rings. The molecular weight excluding hydrogens is 477 g/mol. The first-order valence-electron chi connectivity index (χ1n) is 7.28. The number of halogens is 3. The number of nitrogens with zero attached hydrogens (tertiary/aromatic N) is 4.